The number of likely N-dealkylation sites (tertiary alicyclic amines) is 1. The SMILES string of the molecule is Cc1cc(C)c2[nH]ccc2c1CC1CCN(C2COC2)CC1c1ccc(-n2cccn2)cc1. The van der Waals surface area contributed by atoms with Crippen LogP contribution in [0.5, 0.6) is 0 Å². The molecule has 2 unspecified atom stereocenters. The molecular formula is C28H32N4O. The van der Waals surface area contributed by atoms with Crippen LogP contribution >= 0.6 is 0 Å². The molecule has 170 valence electrons. The third-order valence-corrected chi connectivity index (χ3v) is 7.86. The molecule has 0 bridgehead atoms. The monoisotopic (exact) mass is 440 g/mol. The minimum Gasteiger partial charge on any atom is -0.378 e. The maximum Gasteiger partial charge on any atom is 0.0645 e. The van der Waals surface area contributed by atoms with Gasteiger partial charge in [-0.2, -0.15) is 5.10 Å². The third kappa shape index (κ3) is 3.79. The zero-order valence-corrected chi connectivity index (χ0v) is 19.5. The van der Waals surface area contributed by atoms with Gasteiger partial charge in [0, 0.05) is 36.0 Å². The number of nitrogens with one attached hydrogen (secondary N) is 1. The molecule has 2 aromatic heterocycles. The van der Waals surface area contributed by atoms with Gasteiger partial charge in [-0.3, -0.25) is 4.90 Å². The predicted molar refractivity (Wildman–Crippen MR) is 132 cm³/mol. The molecule has 4 aromatic rings. The highest BCUT2D eigenvalue weighted by Gasteiger charge is 2.36. The van der Waals surface area contributed by atoms with E-state index in [4.69, 9.17) is 4.74 Å². The number of piperidine rings is 1. The second-order valence-electron chi connectivity index (χ2n) is 9.84. The second kappa shape index (κ2) is 8.47. The Morgan fingerprint density at radius 1 is 1.09 bits per heavy atom. The van der Waals surface area contributed by atoms with Gasteiger partial charge in [0.2, 0.25) is 0 Å². The highest BCUT2D eigenvalue weighted by Crippen LogP contribution is 2.38. The molecule has 2 fully saturated rings. The van der Waals surface area contributed by atoms with Gasteiger partial charge in [-0.05, 0) is 91.6 Å². The van der Waals surface area contributed by atoms with Crippen molar-refractivity contribution in [3.05, 3.63) is 83.3 Å². The van der Waals surface area contributed by atoms with Crippen molar-refractivity contribution in [1.29, 1.82) is 0 Å². The number of aromatic nitrogens is 3. The van der Waals surface area contributed by atoms with E-state index in [9.17, 15) is 0 Å². The molecule has 0 saturated carbocycles. The number of benzene rings is 2. The molecule has 0 spiro atoms. The summed E-state index contributed by atoms with van der Waals surface area (Å²) in [6.45, 7) is 8.54. The average Bonchev–Trinajstić information content (AvgIpc) is 3.49. The maximum atomic E-state index is 5.52. The van der Waals surface area contributed by atoms with Crippen molar-refractivity contribution in [1.82, 2.24) is 19.7 Å². The van der Waals surface area contributed by atoms with Gasteiger partial charge in [0.05, 0.1) is 24.9 Å². The van der Waals surface area contributed by atoms with Gasteiger partial charge in [0.15, 0.2) is 0 Å². The van der Waals surface area contributed by atoms with Gasteiger partial charge in [0.25, 0.3) is 0 Å². The predicted octanol–water partition coefficient (Wildman–Crippen LogP) is 5.02. The van der Waals surface area contributed by atoms with E-state index >= 15 is 0 Å². The molecular weight excluding hydrogens is 408 g/mol. The zero-order chi connectivity index (χ0) is 22.4. The third-order valence-electron chi connectivity index (χ3n) is 7.86. The topological polar surface area (TPSA) is 46.1 Å². The van der Waals surface area contributed by atoms with Gasteiger partial charge in [-0.15, -0.1) is 0 Å². The Hall–Kier alpha value is -2.89. The quantitative estimate of drug-likeness (QED) is 0.474. The summed E-state index contributed by atoms with van der Waals surface area (Å²) < 4.78 is 7.45. The van der Waals surface area contributed by atoms with Crippen LogP contribution in [0.3, 0.4) is 0 Å². The van der Waals surface area contributed by atoms with Gasteiger partial charge < -0.3 is 9.72 Å². The average molecular weight is 441 g/mol. The van der Waals surface area contributed by atoms with Crippen LogP contribution in [0.15, 0.2) is 61.1 Å². The van der Waals surface area contributed by atoms with Crippen molar-refractivity contribution >= 4 is 10.9 Å². The molecule has 0 aliphatic carbocycles. The second-order valence-corrected chi connectivity index (χ2v) is 9.84. The summed E-state index contributed by atoms with van der Waals surface area (Å²) in [5, 5.41) is 5.78. The Balaban J connectivity index is 1.32. The van der Waals surface area contributed by atoms with Crippen molar-refractivity contribution in [2.45, 2.75) is 38.6 Å². The Kier molecular flexibility index (Phi) is 5.31. The van der Waals surface area contributed by atoms with E-state index < -0.39 is 0 Å². The molecule has 0 radical (unpaired) electrons. The largest absolute Gasteiger partial charge is 0.378 e. The molecule has 33 heavy (non-hydrogen) atoms. The van der Waals surface area contributed by atoms with Crippen LogP contribution in [0.2, 0.25) is 0 Å². The first-order chi connectivity index (χ1) is 16.2. The Bertz CT molecular complexity index is 1240. The van der Waals surface area contributed by atoms with Gasteiger partial charge >= 0.3 is 0 Å². The Morgan fingerprint density at radius 3 is 2.67 bits per heavy atom. The maximum absolute atomic E-state index is 5.52. The van der Waals surface area contributed by atoms with Crippen molar-refractivity contribution in [3.63, 3.8) is 0 Å². The summed E-state index contributed by atoms with van der Waals surface area (Å²) in [7, 11) is 0. The number of hydrogen-bond donors (Lipinski definition) is 1. The standard InChI is InChI=1S/C28H32N4O/c1-19-14-20(2)28-25(8-11-29-28)26(19)15-22-9-13-31(24-17-33-18-24)16-27(22)21-4-6-23(7-5-21)32-12-3-10-30-32/h3-8,10-12,14,22,24,27,29H,9,13,15-18H2,1-2H3. The van der Waals surface area contributed by atoms with E-state index in [0.29, 0.717) is 17.9 Å². The summed E-state index contributed by atoms with van der Waals surface area (Å²) in [6.07, 6.45) is 8.27. The number of ether oxygens (including phenoxy) is 1. The molecule has 1 N–H and O–H groups in total. The molecule has 2 aromatic carbocycles. The lowest BCUT2D eigenvalue weighted by molar-refractivity contribution is -0.0769. The minimum absolute atomic E-state index is 0.515. The van der Waals surface area contributed by atoms with Crippen LogP contribution < -0.4 is 0 Å². The van der Waals surface area contributed by atoms with Gasteiger partial charge in [0.1, 0.15) is 0 Å². The number of aryl methyl sites for hydroxylation is 2. The smallest absolute Gasteiger partial charge is 0.0645 e. The normalized spacial score (nSPS) is 22.0. The highest BCUT2D eigenvalue weighted by molar-refractivity contribution is 5.87. The first-order valence-corrected chi connectivity index (χ1v) is 12.2. The van der Waals surface area contributed by atoms with Crippen molar-refractivity contribution in [2.75, 3.05) is 26.3 Å². The van der Waals surface area contributed by atoms with Crippen LogP contribution in [-0.2, 0) is 11.2 Å². The molecule has 0 amide bonds. The van der Waals surface area contributed by atoms with Crippen molar-refractivity contribution in [2.24, 2.45) is 5.92 Å². The van der Waals surface area contributed by atoms with Crippen LogP contribution in [0, 0.1) is 19.8 Å². The zero-order valence-electron chi connectivity index (χ0n) is 19.5. The number of rotatable bonds is 5. The lowest BCUT2D eigenvalue weighted by atomic mass is 9.76. The van der Waals surface area contributed by atoms with E-state index in [1.807, 2.05) is 23.1 Å². The van der Waals surface area contributed by atoms with Crippen LogP contribution in [-0.4, -0.2) is 52.0 Å². The number of H-pyrrole nitrogens is 1. The molecule has 6 rings (SSSR count). The minimum atomic E-state index is 0.515. The lowest BCUT2D eigenvalue weighted by Crippen LogP contribution is -2.53. The van der Waals surface area contributed by atoms with E-state index in [1.165, 1.54) is 46.1 Å². The first kappa shape index (κ1) is 20.7. The number of nitrogens with zero attached hydrogens (tertiary/aromatic N) is 3. The summed E-state index contributed by atoms with van der Waals surface area (Å²) >= 11 is 0. The molecule has 4 heterocycles. The molecule has 2 aliphatic heterocycles. The van der Waals surface area contributed by atoms with Crippen molar-refractivity contribution < 1.29 is 4.74 Å². The number of fused-ring (bicyclic) bond motifs is 1. The molecule has 5 heteroatoms. The summed E-state index contributed by atoms with van der Waals surface area (Å²) in [5.74, 6) is 1.14. The first-order valence-electron chi connectivity index (χ1n) is 12.2. The van der Waals surface area contributed by atoms with E-state index in [0.717, 1.165) is 31.9 Å². The Labute approximate surface area is 195 Å². The van der Waals surface area contributed by atoms with Crippen LogP contribution in [0.4, 0.5) is 0 Å². The molecule has 2 aliphatic rings. The summed E-state index contributed by atoms with van der Waals surface area (Å²) in [6, 6.07) is 16.2. The van der Waals surface area contributed by atoms with Crippen LogP contribution in [0.1, 0.15) is 34.6 Å². The van der Waals surface area contributed by atoms with Gasteiger partial charge in [-0.25, -0.2) is 4.68 Å². The fourth-order valence-electron chi connectivity index (χ4n) is 5.89. The van der Waals surface area contributed by atoms with Crippen molar-refractivity contribution in [3.8, 4) is 5.69 Å². The molecule has 5 nitrogen and oxygen atoms in total. The fourth-order valence-corrected chi connectivity index (χ4v) is 5.89. The molecule has 2 atom stereocenters. The summed E-state index contributed by atoms with van der Waals surface area (Å²) in [5.41, 5.74) is 8.11. The highest BCUT2D eigenvalue weighted by atomic mass is 16.5. The van der Waals surface area contributed by atoms with E-state index in [2.05, 4.69) is 71.4 Å². The fraction of sp³-hybridized carbons (Fsp3) is 0.393. The lowest BCUT2D eigenvalue weighted by Gasteiger charge is -2.45. The van der Waals surface area contributed by atoms with Gasteiger partial charge in [-0.1, -0.05) is 18.2 Å². The van der Waals surface area contributed by atoms with E-state index in [1.54, 1.807) is 0 Å². The summed E-state index contributed by atoms with van der Waals surface area (Å²) in [4.78, 5) is 6.13. The molecule has 2 saturated heterocycles. The number of hydrogen-bond acceptors (Lipinski definition) is 3. The van der Waals surface area contributed by atoms with Crippen LogP contribution in [0.25, 0.3) is 16.6 Å². The number of aromatic amines is 1. The van der Waals surface area contributed by atoms with E-state index in [-0.39, 0.29) is 0 Å². The Morgan fingerprint density at radius 2 is 1.94 bits per heavy atom.